The normalized spacial score (nSPS) is 19.2. The van der Waals surface area contributed by atoms with Gasteiger partial charge in [-0.1, -0.05) is 0 Å². The fraction of sp³-hybridized carbons (Fsp3) is 0.462. The lowest BCUT2D eigenvalue weighted by Crippen LogP contribution is -2.11. The molecule has 1 aliphatic heterocycles. The van der Waals surface area contributed by atoms with E-state index in [0.717, 1.165) is 24.4 Å². The van der Waals surface area contributed by atoms with Crippen LogP contribution in [0.4, 0.5) is 4.39 Å². The molecule has 1 aromatic heterocycles. The highest BCUT2D eigenvalue weighted by Gasteiger charge is 2.23. The average molecular weight is 285 g/mol. The molecule has 0 aliphatic carbocycles. The minimum absolute atomic E-state index is 0.203. The molecule has 6 heteroatoms. The van der Waals surface area contributed by atoms with Crippen molar-refractivity contribution < 1.29 is 13.9 Å². The van der Waals surface area contributed by atoms with Crippen LogP contribution in [0.25, 0.3) is 11.0 Å². The summed E-state index contributed by atoms with van der Waals surface area (Å²) in [7, 11) is 1.45. The molecule has 2 aromatic rings. The molecule has 1 aromatic carbocycles. The third-order valence-corrected chi connectivity index (χ3v) is 3.67. The summed E-state index contributed by atoms with van der Waals surface area (Å²) in [6.45, 7) is 1.36. The summed E-state index contributed by atoms with van der Waals surface area (Å²) in [6, 6.07) is 3.26. The highest BCUT2D eigenvalue weighted by atomic mass is 35.5. The first-order chi connectivity index (χ1) is 9.24. The summed E-state index contributed by atoms with van der Waals surface area (Å²) in [4.78, 5) is 4.39. The summed E-state index contributed by atoms with van der Waals surface area (Å²) in [5.74, 6) is 0.826. The Labute approximate surface area is 115 Å². The van der Waals surface area contributed by atoms with Gasteiger partial charge in [-0.05, 0) is 6.42 Å². The molecule has 0 N–H and O–H groups in total. The zero-order chi connectivity index (χ0) is 13.4. The minimum atomic E-state index is -0.413. The largest absolute Gasteiger partial charge is 0.494 e. The van der Waals surface area contributed by atoms with Gasteiger partial charge in [0.1, 0.15) is 5.82 Å². The van der Waals surface area contributed by atoms with E-state index in [9.17, 15) is 4.39 Å². The number of halogens is 2. The van der Waals surface area contributed by atoms with Crippen LogP contribution in [-0.2, 0) is 10.6 Å². The molecule has 0 spiro atoms. The first-order valence-corrected chi connectivity index (χ1v) is 6.66. The van der Waals surface area contributed by atoms with Gasteiger partial charge in [-0.15, -0.1) is 11.6 Å². The quantitative estimate of drug-likeness (QED) is 0.813. The number of aromatic nitrogens is 2. The maximum Gasteiger partial charge on any atom is 0.167 e. The van der Waals surface area contributed by atoms with Gasteiger partial charge in [-0.2, -0.15) is 0 Å². The lowest BCUT2D eigenvalue weighted by Gasteiger charge is -2.14. The monoisotopic (exact) mass is 284 g/mol. The maximum absolute atomic E-state index is 13.7. The zero-order valence-corrected chi connectivity index (χ0v) is 11.3. The van der Waals surface area contributed by atoms with Crippen LogP contribution in [0.1, 0.15) is 18.3 Å². The summed E-state index contributed by atoms with van der Waals surface area (Å²) in [5.41, 5.74) is 1.44. The van der Waals surface area contributed by atoms with Gasteiger partial charge < -0.3 is 14.0 Å². The summed E-state index contributed by atoms with van der Waals surface area (Å²) < 4.78 is 26.2. The van der Waals surface area contributed by atoms with E-state index >= 15 is 0 Å². The van der Waals surface area contributed by atoms with Gasteiger partial charge in [0.05, 0.1) is 36.7 Å². The molecule has 4 nitrogen and oxygen atoms in total. The second-order valence-corrected chi connectivity index (χ2v) is 4.79. The number of hydrogen-bond donors (Lipinski definition) is 0. The molecule has 0 amide bonds. The highest BCUT2D eigenvalue weighted by Crippen LogP contribution is 2.31. The molecule has 19 heavy (non-hydrogen) atoms. The third-order valence-electron chi connectivity index (χ3n) is 3.43. The van der Waals surface area contributed by atoms with Crippen molar-refractivity contribution in [3.8, 4) is 5.75 Å². The number of imidazole rings is 1. The first kappa shape index (κ1) is 12.7. The van der Waals surface area contributed by atoms with Gasteiger partial charge in [0.25, 0.3) is 0 Å². The van der Waals surface area contributed by atoms with E-state index in [-0.39, 0.29) is 17.7 Å². The number of nitrogens with zero attached hydrogens (tertiary/aromatic N) is 2. The summed E-state index contributed by atoms with van der Waals surface area (Å²) in [5, 5.41) is 0. The van der Waals surface area contributed by atoms with Crippen molar-refractivity contribution >= 4 is 22.6 Å². The predicted octanol–water partition coefficient (Wildman–Crippen LogP) is 2.88. The van der Waals surface area contributed by atoms with E-state index in [1.54, 1.807) is 6.07 Å². The predicted molar refractivity (Wildman–Crippen MR) is 70.3 cm³/mol. The molecule has 1 aliphatic rings. The fourth-order valence-corrected chi connectivity index (χ4v) is 2.72. The lowest BCUT2D eigenvalue weighted by atomic mass is 10.2. The van der Waals surface area contributed by atoms with E-state index in [4.69, 9.17) is 21.1 Å². The Kier molecular flexibility index (Phi) is 3.33. The molecule has 102 valence electrons. The van der Waals surface area contributed by atoms with E-state index in [0.29, 0.717) is 12.1 Å². The Bertz CT molecular complexity index is 608. The van der Waals surface area contributed by atoms with Gasteiger partial charge in [0.15, 0.2) is 11.6 Å². The number of hydrogen-bond acceptors (Lipinski definition) is 3. The Morgan fingerprint density at radius 1 is 1.58 bits per heavy atom. The van der Waals surface area contributed by atoms with E-state index < -0.39 is 5.82 Å². The van der Waals surface area contributed by atoms with Gasteiger partial charge in [-0.25, -0.2) is 9.37 Å². The molecular formula is C13H14ClFN2O2. The number of methoxy groups -OCH3 is 1. The fourth-order valence-electron chi connectivity index (χ4n) is 2.53. The van der Waals surface area contributed by atoms with Crippen molar-refractivity contribution in [2.24, 2.45) is 0 Å². The van der Waals surface area contributed by atoms with Crippen molar-refractivity contribution in [3.63, 3.8) is 0 Å². The Morgan fingerprint density at radius 3 is 3.05 bits per heavy atom. The van der Waals surface area contributed by atoms with Gasteiger partial charge in [0, 0.05) is 18.7 Å². The number of ether oxygens (including phenoxy) is 2. The second-order valence-electron chi connectivity index (χ2n) is 4.52. The van der Waals surface area contributed by atoms with Crippen LogP contribution in [0.15, 0.2) is 12.1 Å². The van der Waals surface area contributed by atoms with Crippen molar-refractivity contribution in [1.82, 2.24) is 9.55 Å². The zero-order valence-electron chi connectivity index (χ0n) is 10.5. The molecule has 1 fully saturated rings. The standard InChI is InChI=1S/C13H14ClFN2O2/c1-18-12-5-11-10(4-9(12)15)16-13(6-14)17(11)8-2-3-19-7-8/h4-5,8H,2-3,6-7H2,1H3. The second kappa shape index (κ2) is 4.98. The molecule has 1 atom stereocenters. The van der Waals surface area contributed by atoms with Crippen LogP contribution in [-0.4, -0.2) is 29.9 Å². The topological polar surface area (TPSA) is 36.3 Å². The van der Waals surface area contributed by atoms with Crippen LogP contribution in [0.2, 0.25) is 0 Å². The van der Waals surface area contributed by atoms with Crippen molar-refractivity contribution in [3.05, 3.63) is 23.8 Å². The summed E-state index contributed by atoms with van der Waals surface area (Å²) in [6.07, 6.45) is 0.912. The smallest absolute Gasteiger partial charge is 0.167 e. The molecule has 1 unspecified atom stereocenters. The molecule has 2 heterocycles. The SMILES string of the molecule is COc1cc2c(cc1F)nc(CCl)n2C1CCOC1. The molecule has 1 saturated heterocycles. The Hall–Kier alpha value is -1.33. The van der Waals surface area contributed by atoms with E-state index in [1.165, 1.54) is 13.2 Å². The van der Waals surface area contributed by atoms with Crippen LogP contribution in [0, 0.1) is 5.82 Å². The summed E-state index contributed by atoms with van der Waals surface area (Å²) >= 11 is 5.95. The number of fused-ring (bicyclic) bond motifs is 1. The lowest BCUT2D eigenvalue weighted by molar-refractivity contribution is 0.187. The average Bonchev–Trinajstić information content (AvgIpc) is 3.03. The Balaban J connectivity index is 2.21. The number of alkyl halides is 1. The number of rotatable bonds is 3. The Morgan fingerprint density at radius 2 is 2.42 bits per heavy atom. The van der Waals surface area contributed by atoms with Crippen molar-refractivity contribution in [2.45, 2.75) is 18.3 Å². The molecular weight excluding hydrogens is 271 g/mol. The molecule has 0 bridgehead atoms. The number of benzene rings is 1. The van der Waals surface area contributed by atoms with Gasteiger partial charge in [-0.3, -0.25) is 0 Å². The van der Waals surface area contributed by atoms with E-state index in [1.807, 2.05) is 4.57 Å². The third kappa shape index (κ3) is 2.07. The van der Waals surface area contributed by atoms with Crippen LogP contribution in [0.3, 0.4) is 0 Å². The van der Waals surface area contributed by atoms with E-state index in [2.05, 4.69) is 4.98 Å². The van der Waals surface area contributed by atoms with Crippen molar-refractivity contribution in [2.75, 3.05) is 20.3 Å². The highest BCUT2D eigenvalue weighted by molar-refractivity contribution is 6.16. The molecule has 3 rings (SSSR count). The molecule has 0 radical (unpaired) electrons. The van der Waals surface area contributed by atoms with Crippen LogP contribution >= 0.6 is 11.6 Å². The molecule has 0 saturated carbocycles. The van der Waals surface area contributed by atoms with Crippen molar-refractivity contribution in [1.29, 1.82) is 0 Å². The van der Waals surface area contributed by atoms with Crippen LogP contribution < -0.4 is 4.74 Å². The van der Waals surface area contributed by atoms with Crippen LogP contribution in [0.5, 0.6) is 5.75 Å². The maximum atomic E-state index is 13.7. The van der Waals surface area contributed by atoms with Gasteiger partial charge in [0.2, 0.25) is 0 Å². The first-order valence-electron chi connectivity index (χ1n) is 6.12. The minimum Gasteiger partial charge on any atom is -0.494 e. The van der Waals surface area contributed by atoms with Gasteiger partial charge >= 0.3 is 0 Å².